The fraction of sp³-hybridized carbons (Fsp3) is 0.235. The fourth-order valence-corrected chi connectivity index (χ4v) is 2.46. The summed E-state index contributed by atoms with van der Waals surface area (Å²) in [5, 5.41) is 5.05. The molecule has 0 heterocycles. The van der Waals surface area contributed by atoms with Gasteiger partial charge in [-0.05, 0) is 40.8 Å². The molecule has 5 heteroatoms. The number of aliphatic imine (C=N–C) groups is 1. The van der Waals surface area contributed by atoms with E-state index in [1.807, 2.05) is 12.1 Å². The van der Waals surface area contributed by atoms with Gasteiger partial charge in [0, 0.05) is 6.21 Å². The first-order valence-electron chi connectivity index (χ1n) is 6.94. The molecule has 2 N–H and O–H groups in total. The van der Waals surface area contributed by atoms with E-state index in [-0.39, 0.29) is 10.3 Å². The smallest absolute Gasteiger partial charge is 0.238 e. The average molecular weight is 316 g/mol. The standard InChI is InChI=1S/C17H20N2O2S/c1-17(2,3)14-6-4-13(5-7-14)12-19-15-8-10-16(11-9-15)22(18,20)21/h4-12H,1-3H3,(H2,18,20,21). The first-order valence-corrected chi connectivity index (χ1v) is 8.48. The lowest BCUT2D eigenvalue weighted by Gasteiger charge is -2.18. The van der Waals surface area contributed by atoms with Crippen molar-refractivity contribution < 1.29 is 8.42 Å². The van der Waals surface area contributed by atoms with Crippen molar-refractivity contribution in [2.24, 2.45) is 10.1 Å². The molecule has 4 nitrogen and oxygen atoms in total. The first kappa shape index (κ1) is 16.4. The molecule has 0 amide bonds. The van der Waals surface area contributed by atoms with E-state index in [0.29, 0.717) is 5.69 Å². The molecular formula is C17H20N2O2S. The van der Waals surface area contributed by atoms with Crippen molar-refractivity contribution in [3.8, 4) is 0 Å². The summed E-state index contributed by atoms with van der Waals surface area (Å²) in [6.07, 6.45) is 1.75. The van der Waals surface area contributed by atoms with Crippen molar-refractivity contribution in [3.05, 3.63) is 59.7 Å². The van der Waals surface area contributed by atoms with Crippen molar-refractivity contribution in [2.75, 3.05) is 0 Å². The van der Waals surface area contributed by atoms with Gasteiger partial charge in [-0.1, -0.05) is 45.0 Å². The third-order valence-electron chi connectivity index (χ3n) is 3.30. The Hall–Kier alpha value is -1.98. The van der Waals surface area contributed by atoms with E-state index in [1.165, 1.54) is 17.7 Å². The van der Waals surface area contributed by atoms with Crippen molar-refractivity contribution in [1.82, 2.24) is 0 Å². The second-order valence-corrected chi connectivity index (χ2v) is 7.73. The van der Waals surface area contributed by atoms with E-state index in [1.54, 1.807) is 18.3 Å². The van der Waals surface area contributed by atoms with Gasteiger partial charge in [0.25, 0.3) is 0 Å². The van der Waals surface area contributed by atoms with E-state index in [0.717, 1.165) is 5.56 Å². The van der Waals surface area contributed by atoms with Crippen molar-refractivity contribution in [1.29, 1.82) is 0 Å². The second kappa shape index (κ2) is 6.02. The first-order chi connectivity index (χ1) is 10.2. The van der Waals surface area contributed by atoms with Gasteiger partial charge in [-0.3, -0.25) is 4.99 Å². The summed E-state index contributed by atoms with van der Waals surface area (Å²) >= 11 is 0. The molecule has 0 aromatic heterocycles. The van der Waals surface area contributed by atoms with Gasteiger partial charge in [0.1, 0.15) is 0 Å². The molecule has 0 aliphatic carbocycles. The molecule has 0 aliphatic rings. The second-order valence-electron chi connectivity index (χ2n) is 6.17. The Morgan fingerprint density at radius 3 is 1.95 bits per heavy atom. The molecule has 0 unspecified atom stereocenters. The quantitative estimate of drug-likeness (QED) is 0.882. The predicted molar refractivity (Wildman–Crippen MR) is 90.2 cm³/mol. The van der Waals surface area contributed by atoms with Crippen LogP contribution in [0.25, 0.3) is 0 Å². The van der Waals surface area contributed by atoms with E-state index < -0.39 is 10.0 Å². The highest BCUT2D eigenvalue weighted by Crippen LogP contribution is 2.22. The Bertz CT molecular complexity index is 769. The highest BCUT2D eigenvalue weighted by atomic mass is 32.2. The SMILES string of the molecule is CC(C)(C)c1ccc(C=Nc2ccc(S(N)(=O)=O)cc2)cc1. The zero-order valence-corrected chi connectivity index (χ0v) is 13.8. The summed E-state index contributed by atoms with van der Waals surface area (Å²) < 4.78 is 22.4. The zero-order valence-electron chi connectivity index (χ0n) is 12.9. The number of rotatable bonds is 3. The van der Waals surface area contributed by atoms with Crippen LogP contribution in [0.3, 0.4) is 0 Å². The molecule has 2 aromatic carbocycles. The number of sulfonamides is 1. The van der Waals surface area contributed by atoms with E-state index >= 15 is 0 Å². The van der Waals surface area contributed by atoms with E-state index in [2.05, 4.69) is 37.9 Å². The lowest BCUT2D eigenvalue weighted by atomic mass is 9.87. The molecule has 2 rings (SSSR count). The minimum Gasteiger partial charge on any atom is -0.256 e. The topological polar surface area (TPSA) is 72.5 Å². The Kier molecular flexibility index (Phi) is 4.49. The molecule has 0 bridgehead atoms. The summed E-state index contributed by atoms with van der Waals surface area (Å²) in [6.45, 7) is 6.51. The van der Waals surface area contributed by atoms with Gasteiger partial charge in [0.15, 0.2) is 0 Å². The maximum absolute atomic E-state index is 11.2. The molecule has 0 radical (unpaired) electrons. The molecule has 22 heavy (non-hydrogen) atoms. The summed E-state index contributed by atoms with van der Waals surface area (Å²) in [7, 11) is -3.66. The Labute approximate surface area is 131 Å². The Balaban J connectivity index is 2.15. The summed E-state index contributed by atoms with van der Waals surface area (Å²) in [4.78, 5) is 4.42. The lowest BCUT2D eigenvalue weighted by Crippen LogP contribution is -2.11. The third-order valence-corrected chi connectivity index (χ3v) is 4.23. The number of hydrogen-bond donors (Lipinski definition) is 1. The molecule has 0 atom stereocenters. The summed E-state index contributed by atoms with van der Waals surface area (Å²) in [6, 6.07) is 14.4. The predicted octanol–water partition coefficient (Wildman–Crippen LogP) is 3.38. The van der Waals surface area contributed by atoms with Crippen LogP contribution in [0.5, 0.6) is 0 Å². The molecule has 0 aliphatic heterocycles. The molecule has 0 saturated carbocycles. The molecular weight excluding hydrogens is 296 g/mol. The number of benzene rings is 2. The third kappa shape index (κ3) is 4.26. The Morgan fingerprint density at radius 1 is 0.955 bits per heavy atom. The fourth-order valence-electron chi connectivity index (χ4n) is 1.94. The van der Waals surface area contributed by atoms with Crippen LogP contribution < -0.4 is 5.14 Å². The zero-order chi connectivity index (χ0) is 16.4. The van der Waals surface area contributed by atoms with Crippen molar-refractivity contribution in [3.63, 3.8) is 0 Å². The highest BCUT2D eigenvalue weighted by molar-refractivity contribution is 7.89. The van der Waals surface area contributed by atoms with E-state index in [9.17, 15) is 8.42 Å². The van der Waals surface area contributed by atoms with Crippen LogP contribution in [0.2, 0.25) is 0 Å². The van der Waals surface area contributed by atoms with Gasteiger partial charge in [-0.15, -0.1) is 0 Å². The van der Waals surface area contributed by atoms with Gasteiger partial charge in [0.05, 0.1) is 10.6 Å². The van der Waals surface area contributed by atoms with Gasteiger partial charge < -0.3 is 0 Å². The van der Waals surface area contributed by atoms with Crippen LogP contribution in [0.1, 0.15) is 31.9 Å². The van der Waals surface area contributed by atoms with Crippen LogP contribution in [-0.2, 0) is 15.4 Å². The molecule has 0 fully saturated rings. The Morgan fingerprint density at radius 2 is 1.50 bits per heavy atom. The molecule has 0 spiro atoms. The van der Waals surface area contributed by atoms with Crippen LogP contribution in [0.4, 0.5) is 5.69 Å². The number of primary sulfonamides is 1. The maximum atomic E-state index is 11.2. The minimum absolute atomic E-state index is 0.0842. The maximum Gasteiger partial charge on any atom is 0.238 e. The van der Waals surface area contributed by atoms with Gasteiger partial charge in [-0.2, -0.15) is 0 Å². The number of nitrogens with two attached hydrogens (primary N) is 1. The van der Waals surface area contributed by atoms with Gasteiger partial charge in [-0.25, -0.2) is 13.6 Å². The molecule has 2 aromatic rings. The molecule has 0 saturated heterocycles. The van der Waals surface area contributed by atoms with Crippen LogP contribution >= 0.6 is 0 Å². The monoisotopic (exact) mass is 316 g/mol. The van der Waals surface area contributed by atoms with Crippen LogP contribution in [0, 0.1) is 0 Å². The highest BCUT2D eigenvalue weighted by Gasteiger charge is 2.12. The molecule has 116 valence electrons. The lowest BCUT2D eigenvalue weighted by molar-refractivity contribution is 0.590. The van der Waals surface area contributed by atoms with Crippen LogP contribution in [-0.4, -0.2) is 14.6 Å². The van der Waals surface area contributed by atoms with E-state index in [4.69, 9.17) is 5.14 Å². The minimum atomic E-state index is -3.66. The largest absolute Gasteiger partial charge is 0.256 e. The van der Waals surface area contributed by atoms with Crippen molar-refractivity contribution >= 4 is 21.9 Å². The van der Waals surface area contributed by atoms with Crippen molar-refractivity contribution in [2.45, 2.75) is 31.1 Å². The van der Waals surface area contributed by atoms with Gasteiger partial charge >= 0.3 is 0 Å². The summed E-state index contributed by atoms with van der Waals surface area (Å²) in [5.74, 6) is 0. The normalized spacial score (nSPS) is 12.7. The summed E-state index contributed by atoms with van der Waals surface area (Å²) in [5.41, 5.74) is 3.05. The number of nitrogens with zero attached hydrogens (tertiary/aromatic N) is 1. The van der Waals surface area contributed by atoms with Crippen LogP contribution in [0.15, 0.2) is 58.4 Å². The average Bonchev–Trinajstić information content (AvgIpc) is 2.44. The number of hydrogen-bond acceptors (Lipinski definition) is 3. The van der Waals surface area contributed by atoms with Gasteiger partial charge in [0.2, 0.25) is 10.0 Å².